The number of amides is 4. The number of carbonyl (C=O) groups is 4. The highest BCUT2D eigenvalue weighted by molar-refractivity contribution is 9.10. The van der Waals surface area contributed by atoms with E-state index >= 15 is 0 Å². The molecule has 206 valence electrons. The maximum Gasteiger partial charge on any atom is 0.272 e. The summed E-state index contributed by atoms with van der Waals surface area (Å²) in [4.78, 5) is 50.8. The van der Waals surface area contributed by atoms with Crippen LogP contribution in [0.3, 0.4) is 0 Å². The number of thioether (sulfide) groups is 1. The summed E-state index contributed by atoms with van der Waals surface area (Å²) in [5.74, 6) is -1.73. The van der Waals surface area contributed by atoms with Crippen molar-refractivity contribution < 1.29 is 19.2 Å². The van der Waals surface area contributed by atoms with Gasteiger partial charge in [0.1, 0.15) is 5.70 Å². The van der Waals surface area contributed by atoms with Crippen LogP contribution in [0.2, 0.25) is 0 Å². The first kappa shape index (κ1) is 29.3. The number of halogens is 1. The largest absolute Gasteiger partial charge is 0.366 e. The molecule has 41 heavy (non-hydrogen) atoms. The Morgan fingerprint density at radius 1 is 0.805 bits per heavy atom. The summed E-state index contributed by atoms with van der Waals surface area (Å²) in [6.07, 6.45) is 1.60. The number of benzene rings is 4. The van der Waals surface area contributed by atoms with Gasteiger partial charge in [-0.15, -0.1) is 11.8 Å². The number of nitrogens with one attached hydrogen (secondary N) is 3. The van der Waals surface area contributed by atoms with Crippen molar-refractivity contribution in [1.82, 2.24) is 5.32 Å². The molecule has 0 fully saturated rings. The van der Waals surface area contributed by atoms with E-state index in [1.54, 1.807) is 84.9 Å². The van der Waals surface area contributed by atoms with Gasteiger partial charge in [-0.1, -0.05) is 58.4 Å². The van der Waals surface area contributed by atoms with Gasteiger partial charge in [-0.05, 0) is 72.3 Å². The van der Waals surface area contributed by atoms with Crippen molar-refractivity contribution in [2.45, 2.75) is 4.90 Å². The molecule has 0 saturated heterocycles. The van der Waals surface area contributed by atoms with Gasteiger partial charge in [0.05, 0.1) is 17.0 Å². The Kier molecular flexibility index (Phi) is 10.1. The van der Waals surface area contributed by atoms with E-state index in [4.69, 9.17) is 5.73 Å². The van der Waals surface area contributed by atoms with Crippen molar-refractivity contribution in [3.8, 4) is 0 Å². The lowest BCUT2D eigenvalue weighted by Crippen LogP contribution is -2.30. The van der Waals surface area contributed by atoms with Crippen LogP contribution in [-0.2, 0) is 9.59 Å². The maximum absolute atomic E-state index is 13.2. The Labute approximate surface area is 249 Å². The monoisotopic (exact) mass is 628 g/mol. The van der Waals surface area contributed by atoms with Gasteiger partial charge in [0, 0.05) is 20.6 Å². The molecule has 0 aromatic heterocycles. The van der Waals surface area contributed by atoms with Crippen LogP contribution in [0, 0.1) is 0 Å². The lowest BCUT2D eigenvalue weighted by molar-refractivity contribution is -0.114. The molecule has 0 aliphatic carbocycles. The molecular formula is C31H25BrN4O4S. The molecule has 4 aromatic carbocycles. The van der Waals surface area contributed by atoms with Crippen molar-refractivity contribution in [3.05, 3.63) is 130 Å². The quantitative estimate of drug-likeness (QED) is 0.132. The Hall–Kier alpha value is -4.67. The maximum atomic E-state index is 13.2. The van der Waals surface area contributed by atoms with E-state index in [1.807, 2.05) is 24.3 Å². The van der Waals surface area contributed by atoms with Gasteiger partial charge in [0.25, 0.3) is 17.7 Å². The smallest absolute Gasteiger partial charge is 0.272 e. The second-order valence-electron chi connectivity index (χ2n) is 8.66. The molecule has 0 aliphatic rings. The van der Waals surface area contributed by atoms with Crippen LogP contribution in [0.1, 0.15) is 26.3 Å². The number of anilines is 2. The Bertz CT molecular complexity index is 1610. The van der Waals surface area contributed by atoms with Gasteiger partial charge in [-0.2, -0.15) is 0 Å². The normalized spacial score (nSPS) is 10.9. The zero-order valence-corrected chi connectivity index (χ0v) is 24.0. The van der Waals surface area contributed by atoms with E-state index in [-0.39, 0.29) is 22.9 Å². The van der Waals surface area contributed by atoms with Gasteiger partial charge < -0.3 is 21.7 Å². The first-order valence-corrected chi connectivity index (χ1v) is 14.1. The summed E-state index contributed by atoms with van der Waals surface area (Å²) in [6.45, 7) is 0. The van der Waals surface area contributed by atoms with Crippen LogP contribution in [-0.4, -0.2) is 29.4 Å². The minimum absolute atomic E-state index is 0.0725. The van der Waals surface area contributed by atoms with E-state index in [0.717, 1.165) is 14.9 Å². The van der Waals surface area contributed by atoms with Crippen LogP contribution >= 0.6 is 27.7 Å². The van der Waals surface area contributed by atoms with E-state index in [1.165, 1.54) is 11.8 Å². The molecule has 0 radical (unpaired) electrons. The van der Waals surface area contributed by atoms with Gasteiger partial charge in [0.15, 0.2) is 0 Å². The molecule has 0 saturated carbocycles. The first-order valence-electron chi connectivity index (χ1n) is 12.3. The summed E-state index contributed by atoms with van der Waals surface area (Å²) >= 11 is 4.71. The van der Waals surface area contributed by atoms with Gasteiger partial charge in [-0.3, -0.25) is 19.2 Å². The Morgan fingerprint density at radius 3 is 2.22 bits per heavy atom. The lowest BCUT2D eigenvalue weighted by Gasteiger charge is -2.12. The van der Waals surface area contributed by atoms with E-state index in [9.17, 15) is 19.2 Å². The van der Waals surface area contributed by atoms with Crippen molar-refractivity contribution in [2.24, 2.45) is 5.73 Å². The number of primary amides is 1. The van der Waals surface area contributed by atoms with Crippen LogP contribution in [0.5, 0.6) is 0 Å². The van der Waals surface area contributed by atoms with Gasteiger partial charge in [-0.25, -0.2) is 0 Å². The average molecular weight is 630 g/mol. The number of para-hydroxylation sites is 1. The lowest BCUT2D eigenvalue weighted by atomic mass is 10.1. The van der Waals surface area contributed by atoms with Gasteiger partial charge >= 0.3 is 0 Å². The second-order valence-corrected chi connectivity index (χ2v) is 10.6. The van der Waals surface area contributed by atoms with Crippen LogP contribution in [0.15, 0.2) is 118 Å². The SMILES string of the molecule is NC(=O)c1ccccc1NC(=O)CSc1ccc(NC(=O)/C(=C/c2cccc(Br)c2)NC(=O)c2ccccc2)cc1. The third kappa shape index (κ3) is 8.66. The van der Waals surface area contributed by atoms with Crippen molar-refractivity contribution in [1.29, 1.82) is 0 Å². The molecule has 0 aliphatic heterocycles. The summed E-state index contributed by atoms with van der Waals surface area (Å²) in [6, 6.07) is 29.4. The molecule has 5 N–H and O–H groups in total. The minimum Gasteiger partial charge on any atom is -0.366 e. The molecule has 0 atom stereocenters. The Morgan fingerprint density at radius 2 is 1.51 bits per heavy atom. The molecule has 0 bridgehead atoms. The number of rotatable bonds is 10. The zero-order valence-electron chi connectivity index (χ0n) is 21.6. The first-order chi connectivity index (χ1) is 19.8. The predicted molar refractivity (Wildman–Crippen MR) is 165 cm³/mol. The Balaban J connectivity index is 1.40. The van der Waals surface area contributed by atoms with Crippen LogP contribution in [0.25, 0.3) is 6.08 Å². The standard InChI is InChI=1S/C31H25BrN4O4S/c32-22-10-6-7-20(17-22)18-27(36-30(39)21-8-2-1-3-9-21)31(40)34-23-13-15-24(16-14-23)41-19-28(37)35-26-12-5-4-11-25(26)29(33)38/h1-18H,19H2,(H2,33,38)(H,34,40)(H,35,37)(H,36,39)/b27-18-. The number of carbonyl (C=O) groups excluding carboxylic acids is 4. The fourth-order valence-corrected chi connectivity index (χ4v) is 4.80. The van der Waals surface area contributed by atoms with E-state index < -0.39 is 17.7 Å². The highest BCUT2D eigenvalue weighted by Gasteiger charge is 2.16. The van der Waals surface area contributed by atoms with Crippen molar-refractivity contribution in [3.63, 3.8) is 0 Å². The van der Waals surface area contributed by atoms with Crippen LogP contribution in [0.4, 0.5) is 11.4 Å². The summed E-state index contributed by atoms with van der Waals surface area (Å²) in [5.41, 5.74) is 7.68. The number of hydrogen-bond donors (Lipinski definition) is 4. The molecule has 4 rings (SSSR count). The van der Waals surface area contributed by atoms with Crippen molar-refractivity contribution >= 4 is 68.8 Å². The highest BCUT2D eigenvalue weighted by atomic mass is 79.9. The zero-order chi connectivity index (χ0) is 29.2. The summed E-state index contributed by atoms with van der Waals surface area (Å²) in [5, 5.41) is 8.22. The molecule has 4 amide bonds. The topological polar surface area (TPSA) is 130 Å². The number of nitrogens with two attached hydrogens (primary N) is 1. The molecule has 0 unspecified atom stereocenters. The minimum atomic E-state index is -0.625. The molecule has 4 aromatic rings. The van der Waals surface area contributed by atoms with Crippen LogP contribution < -0.4 is 21.7 Å². The molecule has 0 heterocycles. The van der Waals surface area contributed by atoms with E-state index in [2.05, 4.69) is 31.9 Å². The fourth-order valence-electron chi connectivity index (χ4n) is 3.68. The van der Waals surface area contributed by atoms with Crippen molar-refractivity contribution in [2.75, 3.05) is 16.4 Å². The van der Waals surface area contributed by atoms with Gasteiger partial charge in [0.2, 0.25) is 5.91 Å². The third-order valence-corrected chi connectivity index (χ3v) is 7.14. The molecule has 8 nitrogen and oxygen atoms in total. The summed E-state index contributed by atoms with van der Waals surface area (Å²) in [7, 11) is 0. The van der Waals surface area contributed by atoms with E-state index in [0.29, 0.717) is 16.9 Å². The predicted octanol–water partition coefficient (Wildman–Crippen LogP) is 5.69. The number of hydrogen-bond acceptors (Lipinski definition) is 5. The second kappa shape index (κ2) is 14.1. The molecular weight excluding hydrogens is 604 g/mol. The third-order valence-electron chi connectivity index (χ3n) is 5.64. The molecule has 0 spiro atoms. The summed E-state index contributed by atoms with van der Waals surface area (Å²) < 4.78 is 0.833. The molecule has 10 heteroatoms. The fraction of sp³-hybridized carbons (Fsp3) is 0.0323. The highest BCUT2D eigenvalue weighted by Crippen LogP contribution is 2.22. The average Bonchev–Trinajstić information content (AvgIpc) is 2.97.